The van der Waals surface area contributed by atoms with Gasteiger partial charge in [0.1, 0.15) is 5.39 Å². The van der Waals surface area contributed by atoms with Crippen LogP contribution >= 0.6 is 0 Å². The molecule has 0 amide bonds. The van der Waals surface area contributed by atoms with Crippen molar-refractivity contribution in [1.29, 1.82) is 5.39 Å². The molecule has 0 saturated heterocycles. The van der Waals surface area contributed by atoms with Gasteiger partial charge < -0.3 is 0 Å². The number of aromatic nitrogens is 3. The molecule has 0 fully saturated rings. The number of hydrogen-bond acceptors (Lipinski definition) is 3. The molecular weight excluding hydrogens is 166 g/mol. The lowest BCUT2D eigenvalue weighted by atomic mass is 10.2. The molecule has 2 aromatic heterocycles. The van der Waals surface area contributed by atoms with Gasteiger partial charge in [0.05, 0.1) is 10.5 Å². The van der Waals surface area contributed by atoms with Crippen LogP contribution in [0.1, 0.15) is 11.3 Å². The lowest BCUT2D eigenvalue weighted by Gasteiger charge is -1.93. The summed E-state index contributed by atoms with van der Waals surface area (Å²) < 4.78 is 0. The summed E-state index contributed by atoms with van der Waals surface area (Å²) in [5.41, 5.74) is 2.58. The lowest BCUT2D eigenvalue weighted by Crippen LogP contribution is -1.84. The van der Waals surface area contributed by atoms with E-state index in [2.05, 4.69) is 20.2 Å². The predicted octanol–water partition coefficient (Wildman–Crippen LogP) is 2.06. The minimum atomic E-state index is 0.292. The molecule has 1 N–H and O–H groups in total. The number of aromatic amines is 1. The molecular formula is C8H8N5+. The van der Waals surface area contributed by atoms with Crippen molar-refractivity contribution < 1.29 is 0 Å². The van der Waals surface area contributed by atoms with Crippen LogP contribution in [0.4, 0.5) is 5.82 Å². The molecule has 0 aromatic carbocycles. The van der Waals surface area contributed by atoms with Gasteiger partial charge in [-0.05, 0) is 25.5 Å². The minimum Gasteiger partial charge on any atom is -0.232 e. The Bertz CT molecular complexity index is 505. The van der Waals surface area contributed by atoms with E-state index in [1.165, 1.54) is 0 Å². The van der Waals surface area contributed by atoms with Crippen LogP contribution in [0.25, 0.3) is 16.0 Å². The summed E-state index contributed by atoms with van der Waals surface area (Å²) in [5.74, 6) is 0.292. The van der Waals surface area contributed by atoms with Crippen molar-refractivity contribution in [3.8, 4) is 0 Å². The van der Waals surface area contributed by atoms with Gasteiger partial charge in [0.25, 0.3) is 0 Å². The van der Waals surface area contributed by atoms with E-state index in [1.54, 1.807) is 0 Å². The van der Waals surface area contributed by atoms with Crippen molar-refractivity contribution in [2.75, 3.05) is 0 Å². The molecule has 0 aliphatic heterocycles. The number of aryl methyl sites for hydroxylation is 2. The van der Waals surface area contributed by atoms with Crippen molar-refractivity contribution in [3.05, 3.63) is 22.3 Å². The smallest absolute Gasteiger partial charge is 0.232 e. The van der Waals surface area contributed by atoms with E-state index in [-0.39, 0.29) is 0 Å². The molecule has 64 valence electrons. The van der Waals surface area contributed by atoms with Crippen LogP contribution in [-0.2, 0) is 0 Å². The van der Waals surface area contributed by atoms with Crippen LogP contribution in [0, 0.1) is 19.2 Å². The summed E-state index contributed by atoms with van der Waals surface area (Å²) in [6.45, 7) is 3.84. The largest absolute Gasteiger partial charge is 0.497 e. The highest BCUT2D eigenvalue weighted by Crippen LogP contribution is 2.25. The average molecular weight is 174 g/mol. The molecule has 5 nitrogen and oxygen atoms in total. The molecule has 0 bridgehead atoms. The number of diazo groups is 1. The fourth-order valence-electron chi connectivity index (χ4n) is 1.43. The zero-order valence-electron chi connectivity index (χ0n) is 7.37. The van der Waals surface area contributed by atoms with Crippen LogP contribution in [-0.4, -0.2) is 15.2 Å². The number of rotatable bonds is 0. The first kappa shape index (κ1) is 7.68. The van der Waals surface area contributed by atoms with Crippen molar-refractivity contribution in [1.82, 2.24) is 15.2 Å². The van der Waals surface area contributed by atoms with Crippen molar-refractivity contribution in [3.63, 3.8) is 0 Å². The Morgan fingerprint density at radius 1 is 1.46 bits per heavy atom. The third-order valence-electron chi connectivity index (χ3n) is 1.93. The Labute approximate surface area is 74.4 Å². The molecule has 0 aliphatic carbocycles. The summed E-state index contributed by atoms with van der Waals surface area (Å²) >= 11 is 0. The van der Waals surface area contributed by atoms with Gasteiger partial charge in [-0.2, -0.15) is 5.10 Å². The summed E-state index contributed by atoms with van der Waals surface area (Å²) in [6, 6.07) is 1.92. The molecule has 13 heavy (non-hydrogen) atoms. The fraction of sp³-hybridized carbons (Fsp3) is 0.250. The lowest BCUT2D eigenvalue weighted by molar-refractivity contribution is 1.09. The zero-order chi connectivity index (χ0) is 9.42. The number of H-pyrrole nitrogens is 1. The van der Waals surface area contributed by atoms with Crippen LogP contribution in [0.3, 0.4) is 0 Å². The SMILES string of the molecule is Cc1cc(C)c2c([N+]#N)n[nH]c2n1. The maximum atomic E-state index is 8.63. The molecule has 0 radical (unpaired) electrons. The fourth-order valence-corrected chi connectivity index (χ4v) is 1.43. The zero-order valence-corrected chi connectivity index (χ0v) is 7.37. The highest BCUT2D eigenvalue weighted by atomic mass is 15.2. The maximum absolute atomic E-state index is 8.63. The summed E-state index contributed by atoms with van der Waals surface area (Å²) in [4.78, 5) is 7.28. The van der Waals surface area contributed by atoms with Gasteiger partial charge >= 0.3 is 5.82 Å². The van der Waals surface area contributed by atoms with Crippen molar-refractivity contribution >= 4 is 16.9 Å². The first-order valence-corrected chi connectivity index (χ1v) is 3.90. The van der Waals surface area contributed by atoms with Crippen molar-refractivity contribution in [2.45, 2.75) is 13.8 Å². The van der Waals surface area contributed by atoms with E-state index in [9.17, 15) is 0 Å². The van der Waals surface area contributed by atoms with Gasteiger partial charge in [-0.15, -0.1) is 0 Å². The average Bonchev–Trinajstić information content (AvgIpc) is 2.47. The van der Waals surface area contributed by atoms with Gasteiger partial charge in [0.2, 0.25) is 0 Å². The number of fused-ring (bicyclic) bond motifs is 1. The third kappa shape index (κ3) is 1.04. The van der Waals surface area contributed by atoms with E-state index in [1.807, 2.05) is 19.9 Å². The summed E-state index contributed by atoms with van der Waals surface area (Å²) in [7, 11) is 0. The molecule has 0 unspecified atom stereocenters. The molecule has 0 atom stereocenters. The highest BCUT2D eigenvalue weighted by molar-refractivity contribution is 5.90. The van der Waals surface area contributed by atoms with Gasteiger partial charge in [0.15, 0.2) is 5.65 Å². The van der Waals surface area contributed by atoms with Gasteiger partial charge in [-0.3, -0.25) is 0 Å². The Morgan fingerprint density at radius 2 is 2.23 bits per heavy atom. The number of hydrogen-bond donors (Lipinski definition) is 1. The molecule has 5 heteroatoms. The maximum Gasteiger partial charge on any atom is 0.497 e. The van der Waals surface area contributed by atoms with Gasteiger partial charge in [-0.25, -0.2) is 4.98 Å². The predicted molar refractivity (Wildman–Crippen MR) is 48.1 cm³/mol. The molecule has 0 spiro atoms. The van der Waals surface area contributed by atoms with Crippen LogP contribution in [0.15, 0.2) is 6.07 Å². The van der Waals surface area contributed by atoms with E-state index >= 15 is 0 Å². The van der Waals surface area contributed by atoms with E-state index < -0.39 is 0 Å². The Kier molecular flexibility index (Phi) is 1.49. The Balaban J connectivity index is 2.92. The second-order valence-electron chi connectivity index (χ2n) is 2.95. The van der Waals surface area contributed by atoms with Gasteiger partial charge in [-0.1, -0.05) is 0 Å². The minimum absolute atomic E-state index is 0.292. The number of nitrogens with zero attached hydrogens (tertiary/aromatic N) is 4. The quantitative estimate of drug-likeness (QED) is 0.621. The van der Waals surface area contributed by atoms with Crippen LogP contribution in [0.2, 0.25) is 0 Å². The van der Waals surface area contributed by atoms with E-state index in [0.717, 1.165) is 16.6 Å². The summed E-state index contributed by atoms with van der Waals surface area (Å²) in [6.07, 6.45) is 0. The Hall–Kier alpha value is -1.96. The number of nitrogens with one attached hydrogen (secondary N) is 1. The van der Waals surface area contributed by atoms with E-state index in [0.29, 0.717) is 11.5 Å². The molecule has 2 heterocycles. The highest BCUT2D eigenvalue weighted by Gasteiger charge is 2.19. The van der Waals surface area contributed by atoms with Crippen LogP contribution < -0.4 is 0 Å². The monoisotopic (exact) mass is 174 g/mol. The first-order chi connectivity index (χ1) is 6.22. The first-order valence-electron chi connectivity index (χ1n) is 3.90. The number of pyridine rings is 1. The van der Waals surface area contributed by atoms with E-state index in [4.69, 9.17) is 5.39 Å². The third-order valence-corrected chi connectivity index (χ3v) is 1.93. The Morgan fingerprint density at radius 3 is 2.92 bits per heavy atom. The standard InChI is InChI=1S/C8H8N5/c1-4-3-5(2)10-7-6(4)8(11-9)13-12-7/h3H,1-2H3,(H,10,12,13)/q+1. The van der Waals surface area contributed by atoms with Gasteiger partial charge in [0, 0.05) is 10.7 Å². The molecule has 0 aliphatic rings. The molecule has 2 aromatic rings. The second kappa shape index (κ2) is 2.52. The summed E-state index contributed by atoms with van der Waals surface area (Å²) in [5, 5.41) is 15.9. The normalized spacial score (nSPS) is 10.2. The molecule has 0 saturated carbocycles. The molecule has 2 rings (SSSR count). The second-order valence-corrected chi connectivity index (χ2v) is 2.95. The van der Waals surface area contributed by atoms with Crippen molar-refractivity contribution in [2.24, 2.45) is 0 Å². The topological polar surface area (TPSA) is 69.7 Å². The van der Waals surface area contributed by atoms with Crippen LogP contribution in [0.5, 0.6) is 0 Å².